The number of hydrogen-bond acceptors (Lipinski definition) is 7. The monoisotopic (exact) mass is 539 g/mol. The zero-order valence-electron chi connectivity index (χ0n) is 22.7. The number of likely N-dealkylation sites (N-methyl/N-ethyl adjacent to an activating group) is 1. The van der Waals surface area contributed by atoms with E-state index in [9.17, 15) is 14.7 Å². The summed E-state index contributed by atoms with van der Waals surface area (Å²) >= 11 is 0. The molecule has 3 rings (SSSR count). The van der Waals surface area contributed by atoms with Crippen LogP contribution in [0.3, 0.4) is 0 Å². The van der Waals surface area contributed by atoms with Crippen molar-refractivity contribution in [2.45, 2.75) is 70.1 Å². The Morgan fingerprint density at radius 3 is 2.23 bits per heavy atom. The lowest BCUT2D eigenvalue weighted by Crippen LogP contribution is -2.37. The molecule has 3 atom stereocenters. The zero-order chi connectivity index (χ0) is 28.0. The van der Waals surface area contributed by atoms with Crippen molar-refractivity contribution in [1.29, 1.82) is 0 Å². The predicted molar refractivity (Wildman–Crippen MR) is 149 cm³/mol. The molecule has 212 valence electrons. The lowest BCUT2D eigenvalue weighted by atomic mass is 9.99. The number of rotatable bonds is 15. The topological polar surface area (TPSA) is 120 Å². The van der Waals surface area contributed by atoms with E-state index >= 15 is 0 Å². The SMILES string of the molecule is C=CCN(C)C[C@@H]1C[C@H](c2ccc(CO)cc2)O[C@H](c2ccc(NC(=O)CCCCCCC(=O)NO)cc2)O1. The number of hydrogen-bond donors (Lipinski definition) is 4. The minimum absolute atomic E-state index is 0.000900. The maximum atomic E-state index is 12.3. The minimum Gasteiger partial charge on any atom is -0.392 e. The summed E-state index contributed by atoms with van der Waals surface area (Å²) in [7, 11) is 2.04. The second-order valence-corrected chi connectivity index (χ2v) is 9.98. The Labute approximate surface area is 230 Å². The third-order valence-electron chi connectivity index (χ3n) is 6.72. The Balaban J connectivity index is 1.56. The third-order valence-corrected chi connectivity index (χ3v) is 6.72. The van der Waals surface area contributed by atoms with Gasteiger partial charge in [-0.1, -0.05) is 55.3 Å². The van der Waals surface area contributed by atoms with Crippen LogP contribution in [0.1, 0.15) is 74.0 Å². The summed E-state index contributed by atoms with van der Waals surface area (Å²) in [6, 6.07) is 15.3. The van der Waals surface area contributed by atoms with E-state index in [0.29, 0.717) is 24.9 Å². The van der Waals surface area contributed by atoms with Gasteiger partial charge in [0.25, 0.3) is 0 Å². The number of nitrogens with one attached hydrogen (secondary N) is 2. The average Bonchev–Trinajstić information content (AvgIpc) is 2.95. The molecule has 0 unspecified atom stereocenters. The fourth-order valence-corrected chi connectivity index (χ4v) is 4.60. The van der Waals surface area contributed by atoms with Crippen molar-refractivity contribution in [1.82, 2.24) is 10.4 Å². The van der Waals surface area contributed by atoms with E-state index in [2.05, 4.69) is 16.8 Å². The number of ether oxygens (including phenoxy) is 2. The molecule has 2 amide bonds. The molecule has 1 heterocycles. The van der Waals surface area contributed by atoms with Gasteiger partial charge in [-0.15, -0.1) is 6.58 Å². The molecule has 1 fully saturated rings. The molecule has 9 nitrogen and oxygen atoms in total. The van der Waals surface area contributed by atoms with Crippen molar-refractivity contribution in [3.05, 3.63) is 77.9 Å². The molecular weight excluding hydrogens is 498 g/mol. The number of carbonyl (C=O) groups is 2. The normalized spacial score (nSPS) is 19.0. The zero-order valence-corrected chi connectivity index (χ0v) is 22.7. The van der Waals surface area contributed by atoms with Crippen LogP contribution in [0.2, 0.25) is 0 Å². The van der Waals surface area contributed by atoms with Gasteiger partial charge in [-0.25, -0.2) is 5.48 Å². The van der Waals surface area contributed by atoms with Crippen molar-refractivity contribution in [3.63, 3.8) is 0 Å². The van der Waals surface area contributed by atoms with Crippen LogP contribution in [0.15, 0.2) is 61.2 Å². The van der Waals surface area contributed by atoms with Gasteiger partial charge in [-0.3, -0.25) is 14.8 Å². The summed E-state index contributed by atoms with van der Waals surface area (Å²) in [4.78, 5) is 25.5. The highest BCUT2D eigenvalue weighted by atomic mass is 16.7. The van der Waals surface area contributed by atoms with Crippen molar-refractivity contribution in [2.24, 2.45) is 0 Å². The summed E-state index contributed by atoms with van der Waals surface area (Å²) in [5, 5.41) is 20.8. The lowest BCUT2D eigenvalue weighted by Gasteiger charge is -2.37. The molecule has 0 aliphatic carbocycles. The number of carbonyl (C=O) groups excluding carboxylic acids is 2. The van der Waals surface area contributed by atoms with E-state index in [-0.39, 0.29) is 37.0 Å². The molecule has 0 spiro atoms. The summed E-state index contributed by atoms with van der Waals surface area (Å²) in [6.45, 7) is 5.32. The second-order valence-electron chi connectivity index (χ2n) is 9.98. The fraction of sp³-hybridized carbons (Fsp3) is 0.467. The minimum atomic E-state index is -0.555. The van der Waals surface area contributed by atoms with Crippen LogP contribution in [0.5, 0.6) is 0 Å². The largest absolute Gasteiger partial charge is 0.392 e. The Kier molecular flexibility index (Phi) is 12.6. The first-order valence-corrected chi connectivity index (χ1v) is 13.5. The molecule has 1 aliphatic rings. The summed E-state index contributed by atoms with van der Waals surface area (Å²) in [6.07, 6.45) is 5.59. The van der Waals surface area contributed by atoms with Gasteiger partial charge in [-0.2, -0.15) is 0 Å². The van der Waals surface area contributed by atoms with E-state index in [0.717, 1.165) is 49.0 Å². The predicted octanol–water partition coefficient (Wildman–Crippen LogP) is 4.63. The molecule has 39 heavy (non-hydrogen) atoms. The molecule has 4 N–H and O–H groups in total. The number of anilines is 1. The molecule has 0 radical (unpaired) electrons. The van der Waals surface area contributed by atoms with Gasteiger partial charge in [-0.05, 0) is 43.1 Å². The van der Waals surface area contributed by atoms with Gasteiger partial charge in [0.1, 0.15) is 0 Å². The molecule has 9 heteroatoms. The first-order chi connectivity index (χ1) is 18.9. The summed E-state index contributed by atoms with van der Waals surface area (Å²) < 4.78 is 12.7. The Hall–Kier alpha value is -3.08. The standard InChI is InChI=1S/C30H41N3O6/c1-3-18-33(2)20-26-19-27(23-12-10-22(21-34)11-13-23)39-30(38-26)24-14-16-25(17-15-24)31-28(35)8-6-4-5-7-9-29(36)32-37/h3,10-17,26-27,30,34,37H,1,4-9,18-21H2,2H3,(H,31,35)(H,32,36)/t26-,27+,30+/m0/s1. The summed E-state index contributed by atoms with van der Waals surface area (Å²) in [5.41, 5.74) is 5.09. The van der Waals surface area contributed by atoms with Crippen LogP contribution in [-0.4, -0.2) is 53.3 Å². The van der Waals surface area contributed by atoms with E-state index in [4.69, 9.17) is 14.7 Å². The van der Waals surface area contributed by atoms with Crippen LogP contribution in [0.4, 0.5) is 5.69 Å². The molecule has 2 aromatic rings. The molecular formula is C30H41N3O6. The molecule has 0 aromatic heterocycles. The first kappa shape index (κ1) is 30.5. The average molecular weight is 540 g/mol. The number of amides is 2. The number of nitrogens with zero attached hydrogens (tertiary/aromatic N) is 1. The highest BCUT2D eigenvalue weighted by molar-refractivity contribution is 5.90. The maximum Gasteiger partial charge on any atom is 0.243 e. The van der Waals surface area contributed by atoms with Crippen LogP contribution >= 0.6 is 0 Å². The van der Waals surface area contributed by atoms with Crippen LogP contribution in [-0.2, 0) is 25.7 Å². The Morgan fingerprint density at radius 2 is 1.62 bits per heavy atom. The molecule has 2 aromatic carbocycles. The fourth-order valence-electron chi connectivity index (χ4n) is 4.60. The second kappa shape index (κ2) is 16.1. The maximum absolute atomic E-state index is 12.3. The Morgan fingerprint density at radius 1 is 0.974 bits per heavy atom. The molecule has 1 saturated heterocycles. The third kappa shape index (κ3) is 10.2. The van der Waals surface area contributed by atoms with Gasteiger partial charge in [0.15, 0.2) is 6.29 Å². The van der Waals surface area contributed by atoms with Gasteiger partial charge in [0.2, 0.25) is 11.8 Å². The molecule has 0 bridgehead atoms. The van der Waals surface area contributed by atoms with Crippen LogP contribution in [0, 0.1) is 0 Å². The van der Waals surface area contributed by atoms with Crippen molar-refractivity contribution >= 4 is 17.5 Å². The van der Waals surface area contributed by atoms with Gasteiger partial charge >= 0.3 is 0 Å². The lowest BCUT2D eigenvalue weighted by molar-refractivity contribution is -0.252. The van der Waals surface area contributed by atoms with Crippen LogP contribution in [0.25, 0.3) is 0 Å². The highest BCUT2D eigenvalue weighted by Crippen LogP contribution is 2.38. The van der Waals surface area contributed by atoms with Crippen molar-refractivity contribution in [2.75, 3.05) is 25.5 Å². The number of unbranched alkanes of at least 4 members (excludes halogenated alkanes) is 3. The van der Waals surface area contributed by atoms with Gasteiger partial charge in [0.05, 0.1) is 18.8 Å². The molecule has 0 saturated carbocycles. The van der Waals surface area contributed by atoms with E-state index < -0.39 is 6.29 Å². The first-order valence-electron chi connectivity index (χ1n) is 13.5. The number of aliphatic hydroxyl groups is 1. The quantitative estimate of drug-likeness (QED) is 0.113. The van der Waals surface area contributed by atoms with Crippen molar-refractivity contribution < 1.29 is 29.4 Å². The number of aliphatic hydroxyl groups excluding tert-OH is 1. The van der Waals surface area contributed by atoms with E-state index in [1.165, 1.54) is 0 Å². The Bertz CT molecular complexity index is 1040. The number of hydroxylamine groups is 1. The van der Waals surface area contributed by atoms with Crippen LogP contribution < -0.4 is 10.8 Å². The van der Waals surface area contributed by atoms with Gasteiger partial charge < -0.3 is 24.8 Å². The van der Waals surface area contributed by atoms with Gasteiger partial charge in [0, 0.05) is 43.6 Å². The van der Waals surface area contributed by atoms with E-state index in [1.807, 2.05) is 61.7 Å². The number of benzene rings is 2. The summed E-state index contributed by atoms with van der Waals surface area (Å²) in [5.74, 6) is -0.444. The highest BCUT2D eigenvalue weighted by Gasteiger charge is 2.32. The van der Waals surface area contributed by atoms with E-state index in [1.54, 1.807) is 5.48 Å². The smallest absolute Gasteiger partial charge is 0.243 e. The molecule has 1 aliphatic heterocycles. The van der Waals surface area contributed by atoms with Crippen molar-refractivity contribution in [3.8, 4) is 0 Å².